The number of rotatable bonds is 4. The normalized spacial score (nSPS) is 10.2. The molecule has 0 fully saturated rings. The van der Waals surface area contributed by atoms with Crippen LogP contribution in [0.3, 0.4) is 0 Å². The van der Waals surface area contributed by atoms with Crippen molar-refractivity contribution in [3.63, 3.8) is 0 Å². The second kappa shape index (κ2) is 5.75. The lowest BCUT2D eigenvalue weighted by molar-refractivity contribution is -0.134. The van der Waals surface area contributed by atoms with E-state index in [1.165, 1.54) is 13.2 Å². The molecule has 3 heteroatoms. The molecule has 0 aliphatic heterocycles. The molecule has 0 saturated carbocycles. The second-order valence-corrected chi connectivity index (χ2v) is 2.95. The number of allylic oxidation sites excluding steroid dienone is 1. The summed E-state index contributed by atoms with van der Waals surface area (Å²) in [5.74, 6) is -0.390. The summed E-state index contributed by atoms with van der Waals surface area (Å²) < 4.78 is 4.45. The first kappa shape index (κ1) is 11.2. The van der Waals surface area contributed by atoms with Crippen molar-refractivity contribution in [2.24, 2.45) is 0 Å². The summed E-state index contributed by atoms with van der Waals surface area (Å²) in [6, 6.07) is 7.26. The van der Waals surface area contributed by atoms with E-state index >= 15 is 0 Å². The molecule has 0 saturated heterocycles. The number of methoxy groups -OCH3 is 1. The maximum atomic E-state index is 10.8. The summed E-state index contributed by atoms with van der Waals surface area (Å²) in [7, 11) is 1.33. The van der Waals surface area contributed by atoms with Crippen molar-refractivity contribution < 1.29 is 14.3 Å². The highest BCUT2D eigenvalue weighted by atomic mass is 16.5. The maximum absolute atomic E-state index is 10.8. The monoisotopic (exact) mass is 204 g/mol. The van der Waals surface area contributed by atoms with Gasteiger partial charge in [-0.25, -0.2) is 4.79 Å². The van der Waals surface area contributed by atoms with Crippen molar-refractivity contribution in [2.45, 2.75) is 6.42 Å². The third-order valence-electron chi connectivity index (χ3n) is 1.97. The molecule has 1 aromatic carbocycles. The third kappa shape index (κ3) is 3.38. The molecule has 0 aliphatic carbocycles. The molecule has 1 aromatic rings. The van der Waals surface area contributed by atoms with Gasteiger partial charge >= 0.3 is 5.97 Å². The van der Waals surface area contributed by atoms with Crippen LogP contribution in [0.25, 0.3) is 0 Å². The van der Waals surface area contributed by atoms with Crippen molar-refractivity contribution in [3.8, 4) is 0 Å². The minimum Gasteiger partial charge on any atom is -0.466 e. The van der Waals surface area contributed by atoms with Crippen LogP contribution in [0.5, 0.6) is 0 Å². The first-order chi connectivity index (χ1) is 7.27. The van der Waals surface area contributed by atoms with Crippen molar-refractivity contribution >= 4 is 12.3 Å². The lowest BCUT2D eigenvalue weighted by Crippen LogP contribution is -1.95. The number of hydrogen-bond donors (Lipinski definition) is 0. The fourth-order valence-corrected chi connectivity index (χ4v) is 1.19. The Labute approximate surface area is 88.4 Å². The standard InChI is InChI=1S/C12H12O3/c1-15-12(14)8-4-7-10-5-2-3-6-11(10)9-13/h2-6,8-9H,7H2,1H3/b8-4+. The number of esters is 1. The van der Waals surface area contributed by atoms with Crippen LogP contribution in [0, 0.1) is 0 Å². The van der Waals surface area contributed by atoms with E-state index < -0.39 is 5.97 Å². The highest BCUT2D eigenvalue weighted by Gasteiger charge is 1.98. The van der Waals surface area contributed by atoms with Gasteiger partial charge < -0.3 is 4.74 Å². The van der Waals surface area contributed by atoms with Gasteiger partial charge in [-0.1, -0.05) is 30.3 Å². The van der Waals surface area contributed by atoms with Gasteiger partial charge in [-0.2, -0.15) is 0 Å². The largest absolute Gasteiger partial charge is 0.466 e. The van der Waals surface area contributed by atoms with Gasteiger partial charge in [-0.3, -0.25) is 4.79 Å². The number of hydrogen-bond acceptors (Lipinski definition) is 3. The molecule has 0 atom stereocenters. The third-order valence-corrected chi connectivity index (χ3v) is 1.97. The van der Waals surface area contributed by atoms with Crippen molar-refractivity contribution in [1.82, 2.24) is 0 Å². The first-order valence-corrected chi connectivity index (χ1v) is 4.55. The fraction of sp³-hybridized carbons (Fsp3) is 0.167. The average molecular weight is 204 g/mol. The number of carbonyl (C=O) groups is 2. The van der Waals surface area contributed by atoms with Gasteiger partial charge in [0.1, 0.15) is 6.29 Å². The van der Waals surface area contributed by atoms with Crippen LogP contribution in [-0.2, 0) is 16.0 Å². The highest BCUT2D eigenvalue weighted by Crippen LogP contribution is 2.07. The zero-order valence-corrected chi connectivity index (χ0v) is 8.47. The minimum atomic E-state index is -0.390. The van der Waals surface area contributed by atoms with Crippen LogP contribution in [0.2, 0.25) is 0 Å². The van der Waals surface area contributed by atoms with Gasteiger partial charge in [0.25, 0.3) is 0 Å². The summed E-state index contributed by atoms with van der Waals surface area (Å²) in [6.07, 6.45) is 4.38. The van der Waals surface area contributed by atoms with Gasteiger partial charge in [-0.05, 0) is 12.0 Å². The van der Waals surface area contributed by atoms with Crippen molar-refractivity contribution in [2.75, 3.05) is 7.11 Å². The van der Waals surface area contributed by atoms with Gasteiger partial charge in [0.05, 0.1) is 7.11 Å². The molecule has 0 heterocycles. The van der Waals surface area contributed by atoms with E-state index in [1.807, 2.05) is 12.1 Å². The molecule has 0 aliphatic rings. The van der Waals surface area contributed by atoms with E-state index in [-0.39, 0.29) is 0 Å². The fourth-order valence-electron chi connectivity index (χ4n) is 1.19. The van der Waals surface area contributed by atoms with Gasteiger partial charge in [-0.15, -0.1) is 0 Å². The molecule has 0 aromatic heterocycles. The van der Waals surface area contributed by atoms with E-state index in [1.54, 1.807) is 18.2 Å². The Kier molecular flexibility index (Phi) is 4.29. The van der Waals surface area contributed by atoms with E-state index in [9.17, 15) is 9.59 Å². The molecule has 0 radical (unpaired) electrons. The topological polar surface area (TPSA) is 43.4 Å². The molecular formula is C12H12O3. The Hall–Kier alpha value is -1.90. The quantitative estimate of drug-likeness (QED) is 0.426. The first-order valence-electron chi connectivity index (χ1n) is 4.55. The minimum absolute atomic E-state index is 0.390. The number of carbonyl (C=O) groups excluding carboxylic acids is 2. The zero-order chi connectivity index (χ0) is 11.1. The number of benzene rings is 1. The number of ether oxygens (including phenoxy) is 1. The molecule has 3 nitrogen and oxygen atoms in total. The molecule has 0 bridgehead atoms. The summed E-state index contributed by atoms with van der Waals surface area (Å²) in [4.78, 5) is 21.4. The summed E-state index contributed by atoms with van der Waals surface area (Å²) in [5, 5.41) is 0. The van der Waals surface area contributed by atoms with E-state index in [0.29, 0.717) is 12.0 Å². The predicted molar refractivity (Wildman–Crippen MR) is 56.7 cm³/mol. The average Bonchev–Trinajstić information content (AvgIpc) is 2.29. The van der Waals surface area contributed by atoms with E-state index in [2.05, 4.69) is 4.74 Å². The Bertz CT molecular complexity index is 380. The molecule has 0 spiro atoms. The van der Waals surface area contributed by atoms with Crippen molar-refractivity contribution in [1.29, 1.82) is 0 Å². The number of aldehydes is 1. The highest BCUT2D eigenvalue weighted by molar-refractivity contribution is 5.82. The van der Waals surface area contributed by atoms with Crippen LogP contribution < -0.4 is 0 Å². The van der Waals surface area contributed by atoms with Crippen LogP contribution in [0.15, 0.2) is 36.4 Å². The molecule has 1 rings (SSSR count). The maximum Gasteiger partial charge on any atom is 0.330 e. The summed E-state index contributed by atoms with van der Waals surface area (Å²) in [5.41, 5.74) is 1.54. The van der Waals surface area contributed by atoms with Crippen LogP contribution in [0.4, 0.5) is 0 Å². The molecular weight excluding hydrogens is 192 g/mol. The lowest BCUT2D eigenvalue weighted by atomic mass is 10.1. The Morgan fingerprint density at radius 3 is 2.80 bits per heavy atom. The van der Waals surface area contributed by atoms with Crippen molar-refractivity contribution in [3.05, 3.63) is 47.5 Å². The van der Waals surface area contributed by atoms with Gasteiger partial charge in [0.15, 0.2) is 0 Å². The molecule has 0 amide bonds. The van der Waals surface area contributed by atoms with Crippen LogP contribution >= 0.6 is 0 Å². The van der Waals surface area contributed by atoms with Gasteiger partial charge in [0, 0.05) is 11.6 Å². The Morgan fingerprint density at radius 2 is 2.13 bits per heavy atom. The lowest BCUT2D eigenvalue weighted by Gasteiger charge is -1.99. The van der Waals surface area contributed by atoms with E-state index in [0.717, 1.165) is 11.8 Å². The Morgan fingerprint density at radius 1 is 1.40 bits per heavy atom. The van der Waals surface area contributed by atoms with Crippen LogP contribution in [-0.4, -0.2) is 19.4 Å². The molecule has 0 N–H and O–H groups in total. The zero-order valence-electron chi connectivity index (χ0n) is 8.47. The SMILES string of the molecule is COC(=O)/C=C/Cc1ccccc1C=O. The molecule has 78 valence electrons. The summed E-state index contributed by atoms with van der Waals surface area (Å²) in [6.45, 7) is 0. The molecule has 15 heavy (non-hydrogen) atoms. The van der Waals surface area contributed by atoms with E-state index in [4.69, 9.17) is 0 Å². The second-order valence-electron chi connectivity index (χ2n) is 2.95. The Balaban J connectivity index is 2.68. The predicted octanol–water partition coefficient (Wildman–Crippen LogP) is 1.77. The summed E-state index contributed by atoms with van der Waals surface area (Å²) >= 11 is 0. The molecule has 0 unspecified atom stereocenters. The van der Waals surface area contributed by atoms with Gasteiger partial charge in [0.2, 0.25) is 0 Å². The van der Waals surface area contributed by atoms with Crippen LogP contribution in [0.1, 0.15) is 15.9 Å². The smallest absolute Gasteiger partial charge is 0.330 e.